The molecule has 3 rings (SSSR count). The second kappa shape index (κ2) is 3.66. The lowest BCUT2D eigenvalue weighted by molar-refractivity contribution is 0.864. The van der Waals surface area contributed by atoms with Crippen molar-refractivity contribution in [1.82, 2.24) is 24.7 Å². The standard InChI is InChI=1S/C11H10N6O/c1-17-3-2-6(8(12)11(17)18)9-10-7(4-15-16-10)13-5-14-9/h2-5H,12H2,1H3,(H,15,16). The Kier molecular flexibility index (Phi) is 2.12. The number of H-pyrrole nitrogens is 1. The number of aromatic amines is 1. The molecule has 3 aromatic heterocycles. The molecule has 0 unspecified atom stereocenters. The van der Waals surface area contributed by atoms with Gasteiger partial charge in [0.05, 0.1) is 6.20 Å². The second-order valence-electron chi connectivity index (χ2n) is 3.91. The van der Waals surface area contributed by atoms with Crippen LogP contribution >= 0.6 is 0 Å². The molecular weight excluding hydrogens is 232 g/mol. The van der Waals surface area contributed by atoms with E-state index in [1.165, 1.54) is 10.9 Å². The average molecular weight is 242 g/mol. The fourth-order valence-corrected chi connectivity index (χ4v) is 1.83. The van der Waals surface area contributed by atoms with Crippen LogP contribution in [0.2, 0.25) is 0 Å². The fraction of sp³-hybridized carbons (Fsp3) is 0.0909. The predicted octanol–water partition coefficient (Wildman–Crippen LogP) is 0.301. The molecule has 0 aliphatic rings. The van der Waals surface area contributed by atoms with Gasteiger partial charge in [-0.25, -0.2) is 9.97 Å². The van der Waals surface area contributed by atoms with Gasteiger partial charge in [0, 0.05) is 18.8 Å². The Labute approximate surface area is 101 Å². The van der Waals surface area contributed by atoms with Gasteiger partial charge in [-0.15, -0.1) is 0 Å². The third-order valence-corrected chi connectivity index (χ3v) is 2.80. The maximum Gasteiger partial charge on any atom is 0.274 e. The third-order valence-electron chi connectivity index (χ3n) is 2.80. The molecule has 0 aliphatic carbocycles. The van der Waals surface area contributed by atoms with Crippen molar-refractivity contribution in [3.05, 3.63) is 35.1 Å². The Bertz CT molecular complexity index is 788. The predicted molar refractivity (Wildman–Crippen MR) is 66.8 cm³/mol. The quantitative estimate of drug-likeness (QED) is 0.639. The number of nitrogens with two attached hydrogens (primary N) is 1. The number of hydrogen-bond acceptors (Lipinski definition) is 5. The number of rotatable bonds is 1. The van der Waals surface area contributed by atoms with Crippen molar-refractivity contribution in [2.45, 2.75) is 0 Å². The van der Waals surface area contributed by atoms with E-state index in [1.54, 1.807) is 25.5 Å². The van der Waals surface area contributed by atoms with E-state index in [2.05, 4.69) is 20.2 Å². The highest BCUT2D eigenvalue weighted by Crippen LogP contribution is 2.25. The van der Waals surface area contributed by atoms with Gasteiger partial charge < -0.3 is 10.3 Å². The monoisotopic (exact) mass is 242 g/mol. The summed E-state index contributed by atoms with van der Waals surface area (Å²) in [5.74, 6) is 0. The summed E-state index contributed by atoms with van der Waals surface area (Å²) in [6.07, 6.45) is 4.67. The summed E-state index contributed by atoms with van der Waals surface area (Å²) in [4.78, 5) is 20.0. The second-order valence-corrected chi connectivity index (χ2v) is 3.91. The zero-order chi connectivity index (χ0) is 12.7. The summed E-state index contributed by atoms with van der Waals surface area (Å²) in [6, 6.07) is 1.75. The molecule has 3 N–H and O–H groups in total. The fourth-order valence-electron chi connectivity index (χ4n) is 1.83. The minimum Gasteiger partial charge on any atom is -0.394 e. The molecule has 0 radical (unpaired) electrons. The van der Waals surface area contributed by atoms with E-state index in [0.717, 1.165) is 0 Å². The lowest BCUT2D eigenvalue weighted by Gasteiger charge is -2.06. The average Bonchev–Trinajstić information content (AvgIpc) is 2.84. The molecule has 0 bridgehead atoms. The van der Waals surface area contributed by atoms with Gasteiger partial charge in [0.2, 0.25) is 0 Å². The van der Waals surface area contributed by atoms with Crippen LogP contribution in [-0.4, -0.2) is 24.7 Å². The van der Waals surface area contributed by atoms with Crippen LogP contribution in [0.3, 0.4) is 0 Å². The Morgan fingerprint density at radius 3 is 3.06 bits per heavy atom. The van der Waals surface area contributed by atoms with E-state index in [9.17, 15) is 4.79 Å². The minimum atomic E-state index is -0.251. The normalized spacial score (nSPS) is 10.9. The molecule has 0 aliphatic heterocycles. The number of hydrogen-bond donors (Lipinski definition) is 2. The Hall–Kier alpha value is -2.70. The van der Waals surface area contributed by atoms with Gasteiger partial charge in [-0.2, -0.15) is 5.10 Å². The smallest absolute Gasteiger partial charge is 0.274 e. The van der Waals surface area contributed by atoms with E-state index in [1.807, 2.05) is 0 Å². The molecule has 7 nitrogen and oxygen atoms in total. The highest BCUT2D eigenvalue weighted by atomic mass is 16.1. The van der Waals surface area contributed by atoms with Gasteiger partial charge in [-0.3, -0.25) is 9.89 Å². The third kappa shape index (κ3) is 1.37. The number of nitrogens with one attached hydrogen (secondary N) is 1. The first kappa shape index (κ1) is 10.5. The lowest BCUT2D eigenvalue weighted by atomic mass is 10.1. The molecular formula is C11H10N6O. The number of fused-ring (bicyclic) bond motifs is 1. The van der Waals surface area contributed by atoms with Crippen LogP contribution in [0.5, 0.6) is 0 Å². The van der Waals surface area contributed by atoms with Gasteiger partial charge in [0.25, 0.3) is 5.56 Å². The molecule has 0 atom stereocenters. The van der Waals surface area contributed by atoms with E-state index < -0.39 is 0 Å². The van der Waals surface area contributed by atoms with Gasteiger partial charge >= 0.3 is 0 Å². The van der Waals surface area contributed by atoms with Crippen LogP contribution in [0.15, 0.2) is 29.6 Å². The number of nitrogens with zero attached hydrogens (tertiary/aromatic N) is 4. The van der Waals surface area contributed by atoms with Crippen molar-refractivity contribution < 1.29 is 0 Å². The highest BCUT2D eigenvalue weighted by Gasteiger charge is 2.13. The first-order chi connectivity index (χ1) is 8.68. The number of pyridine rings is 1. The first-order valence-electron chi connectivity index (χ1n) is 5.28. The van der Waals surface area contributed by atoms with Crippen LogP contribution in [0.25, 0.3) is 22.3 Å². The topological polar surface area (TPSA) is 102 Å². The molecule has 0 spiro atoms. The molecule has 3 heterocycles. The van der Waals surface area contributed by atoms with Gasteiger partial charge in [-0.05, 0) is 6.07 Å². The summed E-state index contributed by atoms with van der Waals surface area (Å²) in [5, 5.41) is 6.71. The van der Waals surface area contributed by atoms with Crippen molar-refractivity contribution in [1.29, 1.82) is 0 Å². The van der Waals surface area contributed by atoms with Crippen molar-refractivity contribution in [2.75, 3.05) is 5.73 Å². The molecule has 0 fully saturated rings. The lowest BCUT2D eigenvalue weighted by Crippen LogP contribution is -2.20. The Morgan fingerprint density at radius 2 is 2.22 bits per heavy atom. The summed E-state index contributed by atoms with van der Waals surface area (Å²) in [5.41, 5.74) is 8.26. The highest BCUT2D eigenvalue weighted by molar-refractivity contribution is 5.91. The molecule has 0 saturated heterocycles. The van der Waals surface area contributed by atoms with Crippen LogP contribution < -0.4 is 11.3 Å². The zero-order valence-electron chi connectivity index (χ0n) is 9.58. The maximum absolute atomic E-state index is 11.8. The zero-order valence-corrected chi connectivity index (χ0v) is 9.58. The van der Waals surface area contributed by atoms with E-state index >= 15 is 0 Å². The van der Waals surface area contributed by atoms with Crippen molar-refractivity contribution in [3.63, 3.8) is 0 Å². The Morgan fingerprint density at radius 1 is 1.39 bits per heavy atom. The molecule has 90 valence electrons. The number of aromatic nitrogens is 5. The molecule has 0 aromatic carbocycles. The number of aryl methyl sites for hydroxylation is 1. The summed E-state index contributed by atoms with van der Waals surface area (Å²) in [6.45, 7) is 0. The summed E-state index contributed by atoms with van der Waals surface area (Å²) in [7, 11) is 1.65. The number of nitrogen functional groups attached to an aromatic ring is 1. The van der Waals surface area contributed by atoms with Gasteiger partial charge in [-0.1, -0.05) is 0 Å². The van der Waals surface area contributed by atoms with Crippen LogP contribution in [0.4, 0.5) is 5.69 Å². The molecule has 7 heteroatoms. The van der Waals surface area contributed by atoms with Crippen molar-refractivity contribution in [3.8, 4) is 11.3 Å². The largest absolute Gasteiger partial charge is 0.394 e. The van der Waals surface area contributed by atoms with Crippen LogP contribution in [0.1, 0.15) is 0 Å². The molecule has 18 heavy (non-hydrogen) atoms. The van der Waals surface area contributed by atoms with E-state index in [-0.39, 0.29) is 11.2 Å². The Balaban J connectivity index is 2.37. The molecule has 3 aromatic rings. The summed E-state index contributed by atoms with van der Waals surface area (Å²) >= 11 is 0. The first-order valence-corrected chi connectivity index (χ1v) is 5.28. The summed E-state index contributed by atoms with van der Waals surface area (Å²) < 4.78 is 1.42. The SMILES string of the molecule is Cn1ccc(-c2ncnc3cn[nH]c23)c(N)c1=O. The van der Waals surface area contributed by atoms with Crippen molar-refractivity contribution in [2.24, 2.45) is 7.05 Å². The number of anilines is 1. The van der Waals surface area contributed by atoms with Crippen molar-refractivity contribution >= 4 is 16.7 Å². The van der Waals surface area contributed by atoms with E-state index in [4.69, 9.17) is 5.73 Å². The molecule has 0 saturated carbocycles. The molecule has 0 amide bonds. The maximum atomic E-state index is 11.8. The van der Waals surface area contributed by atoms with Gasteiger partial charge in [0.1, 0.15) is 28.7 Å². The van der Waals surface area contributed by atoms with Gasteiger partial charge in [0.15, 0.2) is 0 Å². The minimum absolute atomic E-state index is 0.162. The van der Waals surface area contributed by atoms with E-state index in [0.29, 0.717) is 22.3 Å². The van der Waals surface area contributed by atoms with Crippen LogP contribution in [0, 0.1) is 0 Å². The van der Waals surface area contributed by atoms with Crippen LogP contribution in [-0.2, 0) is 7.05 Å².